The van der Waals surface area contributed by atoms with Gasteiger partial charge in [-0.2, -0.15) is 0 Å². The highest BCUT2D eigenvalue weighted by Crippen LogP contribution is 2.41. The summed E-state index contributed by atoms with van der Waals surface area (Å²) in [5, 5.41) is 1.01. The third-order valence-corrected chi connectivity index (χ3v) is 12.3. The van der Waals surface area contributed by atoms with Crippen molar-refractivity contribution in [2.24, 2.45) is 0 Å². The zero-order chi connectivity index (χ0) is 41.8. The number of thiazole rings is 1. The van der Waals surface area contributed by atoms with Crippen LogP contribution in [0, 0.1) is 6.92 Å². The fraction of sp³-hybridized carbons (Fsp3) is 0.0714. The summed E-state index contributed by atoms with van der Waals surface area (Å²) in [6, 6.07) is 61.7. The summed E-state index contributed by atoms with van der Waals surface area (Å²) in [7, 11) is 0. The summed E-state index contributed by atoms with van der Waals surface area (Å²) in [6.07, 6.45) is 8.98. The summed E-state index contributed by atoms with van der Waals surface area (Å²) in [4.78, 5) is 22.4. The Kier molecular flexibility index (Phi) is 10.7. The molecular weight excluding hydrogens is 775 g/mol. The lowest BCUT2D eigenvalue weighted by atomic mass is 9.88. The molecular formula is C56H43N5S. The number of aromatic nitrogens is 4. The fourth-order valence-electron chi connectivity index (χ4n) is 8.14. The van der Waals surface area contributed by atoms with Crippen LogP contribution >= 0.6 is 11.3 Å². The van der Waals surface area contributed by atoms with Gasteiger partial charge in [-0.1, -0.05) is 146 Å². The molecule has 1 aliphatic rings. The first kappa shape index (κ1) is 38.6. The minimum absolute atomic E-state index is 0.461. The third-order valence-electron chi connectivity index (χ3n) is 11.3. The predicted molar refractivity (Wildman–Crippen MR) is 260 cm³/mol. The number of fused-ring (bicyclic) bond motifs is 1. The molecule has 7 aromatic carbocycles. The topological polar surface area (TPSA) is 54.8 Å². The van der Waals surface area contributed by atoms with E-state index in [4.69, 9.17) is 26.5 Å². The molecule has 0 radical (unpaired) electrons. The lowest BCUT2D eigenvalue weighted by Gasteiger charge is -2.25. The number of hydrogen-bond donors (Lipinski definition) is 0. The Morgan fingerprint density at radius 1 is 0.565 bits per heavy atom. The molecule has 0 bridgehead atoms. The van der Waals surface area contributed by atoms with Gasteiger partial charge in [-0.3, -0.25) is 0 Å². The van der Waals surface area contributed by atoms with Gasteiger partial charge < -0.3 is 4.90 Å². The molecule has 6 heteroatoms. The van der Waals surface area contributed by atoms with E-state index < -0.39 is 0 Å². The van der Waals surface area contributed by atoms with Crippen LogP contribution in [0.5, 0.6) is 0 Å². The van der Waals surface area contributed by atoms with Gasteiger partial charge in [0.15, 0.2) is 11.6 Å². The maximum atomic E-state index is 5.07. The van der Waals surface area contributed by atoms with Gasteiger partial charge in [-0.25, -0.2) is 19.9 Å². The number of para-hydroxylation sites is 2. The number of benzene rings is 7. The Bertz CT molecular complexity index is 3060. The van der Waals surface area contributed by atoms with E-state index in [0.29, 0.717) is 23.9 Å². The van der Waals surface area contributed by atoms with Crippen molar-refractivity contribution >= 4 is 49.8 Å². The Morgan fingerprint density at radius 2 is 1.18 bits per heavy atom. The van der Waals surface area contributed by atoms with Crippen LogP contribution in [0.3, 0.4) is 0 Å². The molecule has 2 aromatic heterocycles. The second-order valence-corrected chi connectivity index (χ2v) is 16.5. The van der Waals surface area contributed by atoms with Crippen molar-refractivity contribution in [3.8, 4) is 44.2 Å². The quantitative estimate of drug-likeness (QED) is 0.130. The standard InChI is InChI=1S/C56H43N5S/c1-38-34-51-52(62-56(57-51)43-22-12-5-13-23-43)37-49(38)50-36-44(40-28-31-47(32-29-40)61(45-24-14-6-15-25-45)46-26-16-7-17-27-46)30-33-48(50)39(2)35-53-58-54(41-18-8-3-9-19-41)60-55(59-53)42-20-10-4-11-21-42/h3,5-10,12-34,36-37H,2,4,11,35H2,1H3. The van der Waals surface area contributed by atoms with Crippen molar-refractivity contribution in [2.75, 3.05) is 4.90 Å². The first-order valence-electron chi connectivity index (χ1n) is 21.0. The van der Waals surface area contributed by atoms with E-state index in [1.807, 2.05) is 24.3 Å². The smallest absolute Gasteiger partial charge is 0.163 e. The number of anilines is 3. The molecule has 0 aliphatic heterocycles. The zero-order valence-electron chi connectivity index (χ0n) is 34.4. The molecule has 298 valence electrons. The van der Waals surface area contributed by atoms with E-state index in [0.717, 1.165) is 101 Å². The van der Waals surface area contributed by atoms with Crippen molar-refractivity contribution < 1.29 is 0 Å². The highest BCUT2D eigenvalue weighted by Gasteiger charge is 2.19. The summed E-state index contributed by atoms with van der Waals surface area (Å²) in [6.45, 7) is 6.92. The SMILES string of the molecule is C=C(Cc1nc(C2=CCCC=C2)nc(-c2ccccc2)n1)c1ccc(-c2ccc(N(c3ccccc3)c3ccccc3)cc2)cc1-c1cc2sc(-c3ccccc3)nc2cc1C. The summed E-state index contributed by atoms with van der Waals surface area (Å²) < 4.78 is 1.14. The van der Waals surface area contributed by atoms with Gasteiger partial charge >= 0.3 is 0 Å². The minimum Gasteiger partial charge on any atom is -0.311 e. The van der Waals surface area contributed by atoms with E-state index >= 15 is 0 Å². The van der Waals surface area contributed by atoms with Crippen molar-refractivity contribution in [2.45, 2.75) is 26.2 Å². The first-order chi connectivity index (χ1) is 30.5. The molecule has 2 heterocycles. The van der Waals surface area contributed by atoms with Crippen LogP contribution in [0.15, 0.2) is 201 Å². The number of nitrogens with zero attached hydrogens (tertiary/aromatic N) is 5. The van der Waals surface area contributed by atoms with Gasteiger partial charge in [0.05, 0.1) is 10.2 Å². The van der Waals surface area contributed by atoms with Crippen LogP contribution in [0.25, 0.3) is 65.6 Å². The maximum Gasteiger partial charge on any atom is 0.163 e. The molecule has 0 spiro atoms. The Balaban J connectivity index is 1.06. The van der Waals surface area contributed by atoms with Crippen LogP contribution in [-0.2, 0) is 6.42 Å². The van der Waals surface area contributed by atoms with Crippen LogP contribution in [0.4, 0.5) is 17.1 Å². The minimum atomic E-state index is 0.461. The van der Waals surface area contributed by atoms with Crippen molar-refractivity contribution in [3.63, 3.8) is 0 Å². The molecule has 0 fully saturated rings. The largest absolute Gasteiger partial charge is 0.311 e. The fourth-order valence-corrected chi connectivity index (χ4v) is 9.13. The van der Waals surface area contributed by atoms with Gasteiger partial charge in [-0.15, -0.1) is 11.3 Å². The second-order valence-electron chi connectivity index (χ2n) is 15.5. The third kappa shape index (κ3) is 8.04. The van der Waals surface area contributed by atoms with Crippen molar-refractivity contribution in [1.29, 1.82) is 0 Å². The maximum absolute atomic E-state index is 5.07. The number of allylic oxidation sites excluding steroid dienone is 5. The monoisotopic (exact) mass is 817 g/mol. The van der Waals surface area contributed by atoms with Gasteiger partial charge in [0.2, 0.25) is 0 Å². The molecule has 62 heavy (non-hydrogen) atoms. The Morgan fingerprint density at radius 3 is 1.84 bits per heavy atom. The average Bonchev–Trinajstić information content (AvgIpc) is 3.76. The Hall–Kier alpha value is -7.54. The number of hydrogen-bond acceptors (Lipinski definition) is 6. The van der Waals surface area contributed by atoms with Crippen LogP contribution in [0.1, 0.15) is 35.6 Å². The molecule has 0 unspecified atom stereocenters. The molecule has 0 saturated carbocycles. The van der Waals surface area contributed by atoms with Crippen LogP contribution < -0.4 is 4.90 Å². The van der Waals surface area contributed by atoms with E-state index in [-0.39, 0.29) is 0 Å². The molecule has 10 rings (SSSR count). The van der Waals surface area contributed by atoms with Gasteiger partial charge in [0, 0.05) is 40.2 Å². The molecule has 5 nitrogen and oxygen atoms in total. The highest BCUT2D eigenvalue weighted by atomic mass is 32.1. The lowest BCUT2D eigenvalue weighted by molar-refractivity contribution is 0.925. The number of aryl methyl sites for hydroxylation is 1. The molecule has 0 saturated heterocycles. The lowest BCUT2D eigenvalue weighted by Crippen LogP contribution is -2.09. The zero-order valence-corrected chi connectivity index (χ0v) is 35.3. The van der Waals surface area contributed by atoms with Gasteiger partial charge in [0.25, 0.3) is 0 Å². The van der Waals surface area contributed by atoms with Crippen LogP contribution in [-0.4, -0.2) is 19.9 Å². The summed E-state index contributed by atoms with van der Waals surface area (Å²) >= 11 is 1.72. The highest BCUT2D eigenvalue weighted by molar-refractivity contribution is 7.21. The van der Waals surface area contributed by atoms with E-state index in [2.05, 4.69) is 182 Å². The van der Waals surface area contributed by atoms with E-state index in [1.54, 1.807) is 11.3 Å². The molecule has 1 aliphatic carbocycles. The molecule has 0 N–H and O–H groups in total. The molecule has 0 amide bonds. The average molecular weight is 818 g/mol. The predicted octanol–water partition coefficient (Wildman–Crippen LogP) is 14.9. The van der Waals surface area contributed by atoms with Gasteiger partial charge in [-0.05, 0) is 113 Å². The summed E-state index contributed by atoms with van der Waals surface area (Å²) in [5.74, 6) is 2.04. The van der Waals surface area contributed by atoms with E-state index in [1.165, 1.54) is 0 Å². The Labute approximate surface area is 366 Å². The number of rotatable bonds is 11. The summed E-state index contributed by atoms with van der Waals surface area (Å²) in [5.41, 5.74) is 15.0. The molecule has 0 atom stereocenters. The van der Waals surface area contributed by atoms with Crippen molar-refractivity contribution in [3.05, 3.63) is 224 Å². The van der Waals surface area contributed by atoms with Crippen molar-refractivity contribution in [1.82, 2.24) is 19.9 Å². The molecule has 9 aromatic rings. The second kappa shape index (κ2) is 17.2. The van der Waals surface area contributed by atoms with E-state index in [9.17, 15) is 0 Å². The van der Waals surface area contributed by atoms with Crippen LogP contribution in [0.2, 0.25) is 0 Å². The van der Waals surface area contributed by atoms with Gasteiger partial charge in [0.1, 0.15) is 10.8 Å². The normalized spacial score (nSPS) is 12.3. The first-order valence-corrected chi connectivity index (χ1v) is 21.8.